The molecular weight excluding hydrogens is 446 g/mol. The lowest BCUT2D eigenvalue weighted by Crippen LogP contribution is -2.45. The van der Waals surface area contributed by atoms with Crippen LogP contribution in [0.15, 0.2) is 48.9 Å². The van der Waals surface area contributed by atoms with Crippen molar-refractivity contribution in [1.29, 1.82) is 0 Å². The normalized spacial score (nSPS) is 14.1. The van der Waals surface area contributed by atoms with Crippen molar-refractivity contribution in [2.24, 2.45) is 5.73 Å². The number of carbonyl (C=O) groups excluding carboxylic acids is 1. The molecule has 7 nitrogen and oxygen atoms in total. The second kappa shape index (κ2) is 10.2. The second-order valence-corrected chi connectivity index (χ2v) is 15.0. The van der Waals surface area contributed by atoms with Gasteiger partial charge in [-0.2, -0.15) is 0 Å². The quantitative estimate of drug-likeness (QED) is 0.381. The minimum Gasteiger partial charge on any atom is -0.497 e. The molecule has 0 aliphatic carbocycles. The van der Waals surface area contributed by atoms with Gasteiger partial charge in [0.25, 0.3) is 5.91 Å². The summed E-state index contributed by atoms with van der Waals surface area (Å²) in [7, 11) is -0.338. The second-order valence-electron chi connectivity index (χ2n) is 10.2. The van der Waals surface area contributed by atoms with Crippen LogP contribution in [0.2, 0.25) is 18.1 Å². The van der Waals surface area contributed by atoms with Crippen LogP contribution in [0.3, 0.4) is 0 Å². The van der Waals surface area contributed by atoms with E-state index in [1.165, 1.54) is 0 Å². The highest BCUT2D eigenvalue weighted by Crippen LogP contribution is 2.39. The number of aromatic nitrogens is 2. The number of ether oxygens (including phenoxy) is 2. The maximum Gasteiger partial charge on any atom is 0.268 e. The molecule has 0 bridgehead atoms. The Hall–Kier alpha value is -2.84. The largest absolute Gasteiger partial charge is 0.497 e. The molecular formula is C26H37N3O4Si. The Bertz CT molecular complexity index is 1140. The van der Waals surface area contributed by atoms with E-state index in [2.05, 4.69) is 45.8 Å². The lowest BCUT2D eigenvalue weighted by Gasteiger charge is -2.40. The Morgan fingerprint density at radius 3 is 2.35 bits per heavy atom. The van der Waals surface area contributed by atoms with Crippen LogP contribution in [-0.2, 0) is 4.43 Å². The molecule has 2 N–H and O–H groups in total. The van der Waals surface area contributed by atoms with E-state index in [0.29, 0.717) is 13.0 Å². The number of carbonyl (C=O) groups is 1. The van der Waals surface area contributed by atoms with Crippen LogP contribution >= 0.6 is 0 Å². The van der Waals surface area contributed by atoms with Gasteiger partial charge in [-0.3, -0.25) is 4.79 Å². The lowest BCUT2D eigenvalue weighted by atomic mass is 10.1. The third-order valence-corrected chi connectivity index (χ3v) is 11.3. The highest BCUT2D eigenvalue weighted by molar-refractivity contribution is 6.74. The molecule has 184 valence electrons. The molecule has 0 radical (unpaired) electrons. The van der Waals surface area contributed by atoms with Gasteiger partial charge in [-0.25, -0.2) is 4.98 Å². The fourth-order valence-electron chi connectivity index (χ4n) is 3.71. The highest BCUT2D eigenvalue weighted by atomic mass is 28.4. The molecule has 0 aliphatic heterocycles. The number of fused-ring (bicyclic) bond motifs is 1. The Kier molecular flexibility index (Phi) is 7.73. The van der Waals surface area contributed by atoms with Crippen LogP contribution in [0.5, 0.6) is 11.5 Å². The predicted octanol–water partition coefficient (Wildman–Crippen LogP) is 5.56. The lowest BCUT2D eigenvalue weighted by molar-refractivity contribution is 0.0994. The van der Waals surface area contributed by atoms with Gasteiger partial charge in [0.1, 0.15) is 17.2 Å². The van der Waals surface area contributed by atoms with Gasteiger partial charge in [0, 0.05) is 12.6 Å². The van der Waals surface area contributed by atoms with Crippen molar-refractivity contribution in [2.75, 3.05) is 13.7 Å². The Morgan fingerprint density at radius 1 is 1.12 bits per heavy atom. The summed E-state index contributed by atoms with van der Waals surface area (Å²) in [6.45, 7) is 13.7. The number of nitrogens with zero attached hydrogens (tertiary/aromatic N) is 2. The first-order valence-corrected chi connectivity index (χ1v) is 14.5. The average Bonchev–Trinajstić information content (AvgIpc) is 3.25. The van der Waals surface area contributed by atoms with Gasteiger partial charge in [-0.15, -0.1) is 0 Å². The van der Waals surface area contributed by atoms with Crippen molar-refractivity contribution < 1.29 is 18.7 Å². The van der Waals surface area contributed by atoms with E-state index in [1.807, 2.05) is 41.0 Å². The third kappa shape index (κ3) is 5.98. The van der Waals surface area contributed by atoms with Gasteiger partial charge in [0.05, 0.1) is 32.2 Å². The first-order chi connectivity index (χ1) is 15.9. The number of methoxy groups -OCH3 is 1. The van der Waals surface area contributed by atoms with E-state index in [-0.39, 0.29) is 22.9 Å². The van der Waals surface area contributed by atoms with Crippen LogP contribution in [0.25, 0.3) is 10.8 Å². The number of amides is 1. The molecule has 1 heterocycles. The number of imidazole rings is 1. The van der Waals surface area contributed by atoms with Crippen LogP contribution < -0.4 is 15.2 Å². The zero-order valence-corrected chi connectivity index (χ0v) is 22.3. The molecule has 3 rings (SSSR count). The molecule has 0 fully saturated rings. The molecule has 2 aromatic carbocycles. The molecule has 0 unspecified atom stereocenters. The van der Waals surface area contributed by atoms with E-state index in [0.717, 1.165) is 22.3 Å². The topological polar surface area (TPSA) is 88.6 Å². The average molecular weight is 484 g/mol. The number of hydrogen-bond acceptors (Lipinski definition) is 5. The zero-order valence-electron chi connectivity index (χ0n) is 21.3. The summed E-state index contributed by atoms with van der Waals surface area (Å²) < 4.78 is 20.1. The van der Waals surface area contributed by atoms with Crippen molar-refractivity contribution in [1.82, 2.24) is 9.55 Å². The van der Waals surface area contributed by atoms with Crippen molar-refractivity contribution in [2.45, 2.75) is 64.4 Å². The van der Waals surface area contributed by atoms with E-state index in [1.54, 1.807) is 19.6 Å². The van der Waals surface area contributed by atoms with Crippen LogP contribution in [0, 0.1) is 0 Å². The molecule has 0 saturated carbocycles. The van der Waals surface area contributed by atoms with Crippen molar-refractivity contribution in [3.63, 3.8) is 0 Å². The van der Waals surface area contributed by atoms with Gasteiger partial charge < -0.3 is 24.2 Å². The summed E-state index contributed by atoms with van der Waals surface area (Å²) in [5.74, 6) is 1.06. The standard InChI is InChI=1S/C26H37N3O4Si/c1-18(33-34(6,7)26(2,3)4)24(29-16-23(25(27)30)28-17-29)12-13-32-22-11-9-19-8-10-21(31-5)14-20(19)15-22/h8-11,14-18,24H,12-13H2,1-7H3,(H2,27,30)/t18-,24+/m0/s1. The number of hydrogen-bond donors (Lipinski definition) is 1. The van der Waals surface area contributed by atoms with Gasteiger partial charge in [-0.1, -0.05) is 32.9 Å². The van der Waals surface area contributed by atoms with E-state index < -0.39 is 14.2 Å². The van der Waals surface area contributed by atoms with Gasteiger partial charge in [-0.05, 0) is 60.1 Å². The number of nitrogens with two attached hydrogens (primary N) is 1. The van der Waals surface area contributed by atoms with Crippen LogP contribution in [0.1, 0.15) is 50.6 Å². The molecule has 1 amide bonds. The Labute approximate surface area is 203 Å². The zero-order chi connectivity index (χ0) is 25.1. The summed E-state index contributed by atoms with van der Waals surface area (Å²) in [5, 5.41) is 2.27. The van der Waals surface area contributed by atoms with Crippen LogP contribution in [-0.4, -0.2) is 43.6 Å². The first-order valence-electron chi connectivity index (χ1n) is 11.6. The summed E-state index contributed by atoms with van der Waals surface area (Å²) in [6.07, 6.45) is 3.93. The van der Waals surface area contributed by atoms with Gasteiger partial charge >= 0.3 is 0 Å². The monoisotopic (exact) mass is 483 g/mol. The van der Waals surface area contributed by atoms with E-state index >= 15 is 0 Å². The molecule has 1 aromatic heterocycles. The van der Waals surface area contributed by atoms with Crippen LogP contribution in [0.4, 0.5) is 0 Å². The maximum absolute atomic E-state index is 11.6. The number of primary amides is 1. The smallest absolute Gasteiger partial charge is 0.268 e. The minimum absolute atomic E-state index is 0.0599. The number of rotatable bonds is 10. The summed E-state index contributed by atoms with van der Waals surface area (Å²) in [5.41, 5.74) is 5.68. The predicted molar refractivity (Wildman–Crippen MR) is 138 cm³/mol. The maximum atomic E-state index is 11.6. The number of benzene rings is 2. The summed E-state index contributed by atoms with van der Waals surface area (Å²) >= 11 is 0. The summed E-state index contributed by atoms with van der Waals surface area (Å²) in [4.78, 5) is 15.8. The van der Waals surface area contributed by atoms with Gasteiger partial charge in [0.2, 0.25) is 0 Å². The molecule has 8 heteroatoms. The fraction of sp³-hybridized carbons (Fsp3) is 0.462. The first kappa shape index (κ1) is 25.8. The molecule has 2 atom stereocenters. The third-order valence-electron chi connectivity index (χ3n) is 6.77. The molecule has 3 aromatic rings. The Morgan fingerprint density at radius 2 is 1.76 bits per heavy atom. The molecule has 34 heavy (non-hydrogen) atoms. The van der Waals surface area contributed by atoms with E-state index in [4.69, 9.17) is 19.6 Å². The highest BCUT2D eigenvalue weighted by Gasteiger charge is 2.40. The van der Waals surface area contributed by atoms with Gasteiger partial charge in [0.15, 0.2) is 8.32 Å². The summed E-state index contributed by atoms with van der Waals surface area (Å²) in [6, 6.07) is 11.9. The molecule has 0 saturated heterocycles. The van der Waals surface area contributed by atoms with Crippen molar-refractivity contribution in [3.05, 3.63) is 54.6 Å². The SMILES string of the molecule is COc1ccc2ccc(OCC[C@H]([C@H](C)O[Si](C)(C)C(C)(C)C)n3cnc(C(N)=O)c3)cc2c1. The fourth-order valence-corrected chi connectivity index (χ4v) is 5.15. The molecule has 0 spiro atoms. The molecule has 0 aliphatic rings. The Balaban J connectivity index is 1.77. The minimum atomic E-state index is -2.00. The van der Waals surface area contributed by atoms with E-state index in [9.17, 15) is 4.79 Å². The van der Waals surface area contributed by atoms with Crippen molar-refractivity contribution >= 4 is 25.0 Å². The van der Waals surface area contributed by atoms with Crippen molar-refractivity contribution in [3.8, 4) is 11.5 Å².